The van der Waals surface area contributed by atoms with Crippen LogP contribution in [0.2, 0.25) is 0 Å². The van der Waals surface area contributed by atoms with Crippen LogP contribution in [0.4, 0.5) is 17.3 Å². The maximum absolute atomic E-state index is 11.6. The summed E-state index contributed by atoms with van der Waals surface area (Å²) in [5, 5.41) is 11.5. The van der Waals surface area contributed by atoms with Crippen LogP contribution in [0.1, 0.15) is 6.92 Å². The van der Waals surface area contributed by atoms with Gasteiger partial charge in [0.25, 0.3) is 0 Å². The van der Waals surface area contributed by atoms with E-state index in [1.165, 1.54) is 0 Å². The number of anilines is 3. The minimum Gasteiger partial charge on any atom is -0.323 e. The molecule has 0 aliphatic rings. The highest BCUT2D eigenvalue weighted by atomic mass is 32.2. The van der Waals surface area contributed by atoms with Gasteiger partial charge in [-0.15, -0.1) is 0 Å². The Labute approximate surface area is 162 Å². The van der Waals surface area contributed by atoms with Crippen molar-refractivity contribution >= 4 is 38.2 Å². The van der Waals surface area contributed by atoms with E-state index in [1.54, 1.807) is 19.1 Å². The van der Waals surface area contributed by atoms with Gasteiger partial charge in [-0.25, -0.2) is 13.4 Å². The number of rotatable bonds is 6. The summed E-state index contributed by atoms with van der Waals surface area (Å²) in [4.78, 5) is 4.58. The fourth-order valence-electron chi connectivity index (χ4n) is 2.77. The van der Waals surface area contributed by atoms with E-state index >= 15 is 0 Å². The van der Waals surface area contributed by atoms with E-state index in [4.69, 9.17) is 0 Å². The Morgan fingerprint density at radius 2 is 1.75 bits per heavy atom. The van der Waals surface area contributed by atoms with Crippen LogP contribution in [0.5, 0.6) is 0 Å². The normalized spacial score (nSPS) is 11.5. The lowest BCUT2D eigenvalue weighted by atomic mass is 10.1. The van der Waals surface area contributed by atoms with Crippen LogP contribution < -0.4 is 10.0 Å². The predicted octanol–water partition coefficient (Wildman–Crippen LogP) is 4.13. The summed E-state index contributed by atoms with van der Waals surface area (Å²) in [5.41, 5.74) is 3.15. The first-order valence-corrected chi connectivity index (χ1v) is 10.5. The quantitative estimate of drug-likeness (QED) is 0.457. The molecule has 2 aromatic heterocycles. The van der Waals surface area contributed by atoms with Crippen molar-refractivity contribution in [3.05, 3.63) is 66.7 Å². The second-order valence-electron chi connectivity index (χ2n) is 6.26. The molecule has 0 amide bonds. The predicted molar refractivity (Wildman–Crippen MR) is 112 cm³/mol. The number of aromatic amines is 1. The van der Waals surface area contributed by atoms with E-state index in [9.17, 15) is 8.42 Å². The van der Waals surface area contributed by atoms with Gasteiger partial charge in [-0.2, -0.15) is 5.10 Å². The number of sulfonamides is 1. The molecular weight excluding hydrogens is 374 g/mol. The number of pyridine rings is 1. The molecule has 8 heteroatoms. The van der Waals surface area contributed by atoms with Gasteiger partial charge in [0.1, 0.15) is 5.82 Å². The van der Waals surface area contributed by atoms with Crippen LogP contribution in [0.15, 0.2) is 66.7 Å². The molecule has 2 aromatic carbocycles. The number of para-hydroxylation sites is 1. The Hall–Kier alpha value is -3.39. The van der Waals surface area contributed by atoms with Crippen molar-refractivity contribution in [1.82, 2.24) is 15.2 Å². The van der Waals surface area contributed by atoms with E-state index in [0.29, 0.717) is 17.3 Å². The molecule has 0 aliphatic heterocycles. The SMILES string of the molecule is CCS(=O)(=O)Nc1ccc(-c2cc(Nc3ccc4ccccc4n3)n[nH]2)cc1. The Morgan fingerprint density at radius 1 is 0.964 bits per heavy atom. The van der Waals surface area contributed by atoms with Crippen molar-refractivity contribution < 1.29 is 8.42 Å². The molecule has 142 valence electrons. The fourth-order valence-corrected chi connectivity index (χ4v) is 3.41. The third-order valence-corrected chi connectivity index (χ3v) is 5.59. The zero-order chi connectivity index (χ0) is 19.6. The molecule has 0 spiro atoms. The van der Waals surface area contributed by atoms with Crippen molar-refractivity contribution in [2.45, 2.75) is 6.92 Å². The van der Waals surface area contributed by atoms with Crippen LogP contribution in [0.25, 0.3) is 22.2 Å². The standard InChI is InChI=1S/C20H19N5O2S/c1-2-28(26,27)25-16-10-7-15(8-11-16)18-13-20(24-23-18)22-19-12-9-14-5-3-4-6-17(14)21-19/h3-13,25H,2H2,1H3,(H2,21,22,23,24). The number of H-pyrrole nitrogens is 1. The number of fused-ring (bicyclic) bond motifs is 1. The summed E-state index contributed by atoms with van der Waals surface area (Å²) < 4.78 is 25.8. The second kappa shape index (κ2) is 7.32. The highest BCUT2D eigenvalue weighted by molar-refractivity contribution is 7.92. The highest BCUT2D eigenvalue weighted by Gasteiger charge is 2.08. The maximum atomic E-state index is 11.6. The molecule has 0 fully saturated rings. The molecule has 0 saturated heterocycles. The monoisotopic (exact) mass is 393 g/mol. The van der Waals surface area contributed by atoms with Gasteiger partial charge in [0, 0.05) is 17.1 Å². The molecule has 0 aliphatic carbocycles. The Morgan fingerprint density at radius 3 is 2.54 bits per heavy atom. The molecule has 3 N–H and O–H groups in total. The van der Waals surface area contributed by atoms with Crippen molar-refractivity contribution in [3.8, 4) is 11.3 Å². The molecule has 0 saturated carbocycles. The molecule has 28 heavy (non-hydrogen) atoms. The molecule has 4 rings (SSSR count). The zero-order valence-electron chi connectivity index (χ0n) is 15.2. The number of nitrogens with one attached hydrogen (secondary N) is 3. The summed E-state index contributed by atoms with van der Waals surface area (Å²) in [7, 11) is -3.28. The first-order valence-electron chi connectivity index (χ1n) is 8.81. The molecule has 0 bridgehead atoms. The molecular formula is C20H19N5O2S. The first kappa shape index (κ1) is 18.0. The van der Waals surface area contributed by atoms with E-state index in [-0.39, 0.29) is 5.75 Å². The Kier molecular flexibility index (Phi) is 4.70. The molecule has 4 aromatic rings. The lowest BCUT2D eigenvalue weighted by Crippen LogP contribution is -2.14. The van der Waals surface area contributed by atoms with Crippen molar-refractivity contribution in [2.75, 3.05) is 15.8 Å². The molecule has 7 nitrogen and oxygen atoms in total. The molecule has 0 radical (unpaired) electrons. The van der Waals surface area contributed by atoms with Crippen LogP contribution in [0.3, 0.4) is 0 Å². The van der Waals surface area contributed by atoms with Gasteiger partial charge in [-0.1, -0.05) is 30.3 Å². The van der Waals surface area contributed by atoms with Gasteiger partial charge >= 0.3 is 0 Å². The number of nitrogens with zero attached hydrogens (tertiary/aromatic N) is 2. The Balaban J connectivity index is 1.50. The van der Waals surface area contributed by atoms with Gasteiger partial charge in [0.2, 0.25) is 10.0 Å². The van der Waals surface area contributed by atoms with Crippen LogP contribution in [-0.4, -0.2) is 29.4 Å². The van der Waals surface area contributed by atoms with Crippen molar-refractivity contribution in [1.29, 1.82) is 0 Å². The minimum absolute atomic E-state index is 0.0349. The number of benzene rings is 2. The lowest BCUT2D eigenvalue weighted by molar-refractivity contribution is 0.602. The van der Waals surface area contributed by atoms with E-state index in [0.717, 1.165) is 22.2 Å². The number of aromatic nitrogens is 3. The van der Waals surface area contributed by atoms with Gasteiger partial charge in [-0.3, -0.25) is 9.82 Å². The summed E-state index contributed by atoms with van der Waals surface area (Å²) in [6.07, 6.45) is 0. The summed E-state index contributed by atoms with van der Waals surface area (Å²) in [6.45, 7) is 1.60. The Bertz CT molecular complexity index is 1220. The van der Waals surface area contributed by atoms with Crippen LogP contribution >= 0.6 is 0 Å². The van der Waals surface area contributed by atoms with Crippen LogP contribution in [-0.2, 0) is 10.0 Å². The molecule has 0 unspecified atom stereocenters. The minimum atomic E-state index is -3.28. The largest absolute Gasteiger partial charge is 0.323 e. The average Bonchev–Trinajstić information content (AvgIpc) is 3.16. The number of hydrogen-bond donors (Lipinski definition) is 3. The van der Waals surface area contributed by atoms with E-state index in [1.807, 2.05) is 54.6 Å². The van der Waals surface area contributed by atoms with Gasteiger partial charge in [0.05, 0.1) is 17.0 Å². The second-order valence-corrected chi connectivity index (χ2v) is 8.27. The lowest BCUT2D eigenvalue weighted by Gasteiger charge is -2.06. The fraction of sp³-hybridized carbons (Fsp3) is 0.100. The average molecular weight is 393 g/mol. The third-order valence-electron chi connectivity index (χ3n) is 4.28. The molecule has 0 atom stereocenters. The summed E-state index contributed by atoms with van der Waals surface area (Å²) >= 11 is 0. The smallest absolute Gasteiger partial charge is 0.232 e. The van der Waals surface area contributed by atoms with Crippen molar-refractivity contribution in [2.24, 2.45) is 0 Å². The van der Waals surface area contributed by atoms with E-state index < -0.39 is 10.0 Å². The van der Waals surface area contributed by atoms with Gasteiger partial charge in [0.15, 0.2) is 5.82 Å². The summed E-state index contributed by atoms with van der Waals surface area (Å²) in [5.74, 6) is 1.39. The number of hydrogen-bond acceptors (Lipinski definition) is 5. The zero-order valence-corrected chi connectivity index (χ0v) is 16.0. The topological polar surface area (TPSA) is 99.8 Å². The van der Waals surface area contributed by atoms with Gasteiger partial charge < -0.3 is 5.32 Å². The summed E-state index contributed by atoms with van der Waals surface area (Å²) in [6, 6.07) is 20.8. The van der Waals surface area contributed by atoms with Crippen molar-refractivity contribution in [3.63, 3.8) is 0 Å². The molecule has 2 heterocycles. The van der Waals surface area contributed by atoms with E-state index in [2.05, 4.69) is 25.2 Å². The van der Waals surface area contributed by atoms with Crippen LogP contribution in [0, 0.1) is 0 Å². The highest BCUT2D eigenvalue weighted by Crippen LogP contribution is 2.24. The third kappa shape index (κ3) is 3.96. The maximum Gasteiger partial charge on any atom is 0.232 e. The first-order chi connectivity index (χ1) is 13.5. The van der Waals surface area contributed by atoms with Gasteiger partial charge in [-0.05, 0) is 42.8 Å².